The van der Waals surface area contributed by atoms with Gasteiger partial charge in [-0.25, -0.2) is 0 Å². The van der Waals surface area contributed by atoms with Crippen molar-refractivity contribution in [3.05, 3.63) is 88.7 Å². The van der Waals surface area contributed by atoms with Crippen LogP contribution in [-0.2, 0) is 17.0 Å². The zero-order valence-electron chi connectivity index (χ0n) is 14.6. The van der Waals surface area contributed by atoms with E-state index in [1.165, 1.54) is 0 Å². The molecule has 138 valence electrons. The van der Waals surface area contributed by atoms with Gasteiger partial charge in [0.1, 0.15) is 0 Å². The molecule has 0 saturated heterocycles. The summed E-state index contributed by atoms with van der Waals surface area (Å²) in [5, 5.41) is 6.69. The number of fused-ring (bicyclic) bond motifs is 3. The molecule has 2 amide bonds. The highest BCUT2D eigenvalue weighted by molar-refractivity contribution is 6.31. The molecule has 0 radical (unpaired) electrons. The number of hydrogen-bond donors (Lipinski definition) is 2. The van der Waals surface area contributed by atoms with Crippen molar-refractivity contribution in [3.63, 3.8) is 0 Å². The SMILES string of the molecule is O=C1NC2(Nc3cnccc31)C(=O)N(Cc1ccccc1Cl)c1ccccc12. The lowest BCUT2D eigenvalue weighted by Crippen LogP contribution is -2.60. The number of carbonyl (C=O) groups is 2. The van der Waals surface area contributed by atoms with Gasteiger partial charge in [-0.05, 0) is 23.8 Å². The maximum atomic E-state index is 13.6. The van der Waals surface area contributed by atoms with Crippen molar-refractivity contribution >= 4 is 34.8 Å². The van der Waals surface area contributed by atoms with Crippen molar-refractivity contribution in [2.45, 2.75) is 12.2 Å². The van der Waals surface area contributed by atoms with Crippen molar-refractivity contribution < 1.29 is 9.59 Å². The number of hydrogen-bond acceptors (Lipinski definition) is 4. The molecule has 0 bridgehead atoms. The van der Waals surface area contributed by atoms with Crippen LogP contribution in [0.1, 0.15) is 21.5 Å². The lowest BCUT2D eigenvalue weighted by Gasteiger charge is -2.36. The van der Waals surface area contributed by atoms with Gasteiger partial charge in [0.05, 0.1) is 29.7 Å². The largest absolute Gasteiger partial charge is 0.349 e. The fourth-order valence-corrected chi connectivity index (χ4v) is 4.01. The van der Waals surface area contributed by atoms with E-state index in [4.69, 9.17) is 11.6 Å². The third-order valence-corrected chi connectivity index (χ3v) is 5.51. The molecule has 7 heteroatoms. The molecule has 1 spiro atoms. The summed E-state index contributed by atoms with van der Waals surface area (Å²) in [4.78, 5) is 32.1. The van der Waals surface area contributed by atoms with Gasteiger partial charge >= 0.3 is 0 Å². The second-order valence-electron chi connectivity index (χ2n) is 6.75. The van der Waals surface area contributed by atoms with Crippen LogP contribution in [0.3, 0.4) is 0 Å². The van der Waals surface area contributed by atoms with E-state index in [1.807, 2.05) is 42.5 Å². The Bertz CT molecular complexity index is 1130. The van der Waals surface area contributed by atoms with Crippen LogP contribution in [-0.4, -0.2) is 16.8 Å². The highest BCUT2D eigenvalue weighted by Crippen LogP contribution is 2.44. The van der Waals surface area contributed by atoms with Gasteiger partial charge in [0.2, 0.25) is 5.66 Å². The standard InChI is InChI=1S/C21H15ClN4O2/c22-16-7-3-1-5-13(16)12-26-18-8-4-2-6-15(18)21(20(26)28)24-17-11-23-10-9-14(17)19(27)25-21/h1-11,24H,12H2,(H,25,27). The molecule has 1 aromatic heterocycles. The summed E-state index contributed by atoms with van der Waals surface area (Å²) in [6.07, 6.45) is 3.11. The lowest BCUT2D eigenvalue weighted by atomic mass is 9.96. The maximum absolute atomic E-state index is 13.6. The number of nitrogens with zero attached hydrogens (tertiary/aromatic N) is 2. The van der Waals surface area contributed by atoms with Gasteiger partial charge in [0.15, 0.2) is 0 Å². The molecule has 6 nitrogen and oxygen atoms in total. The number of amides is 2. The van der Waals surface area contributed by atoms with E-state index in [9.17, 15) is 9.59 Å². The number of para-hydroxylation sites is 1. The molecule has 0 aliphatic carbocycles. The van der Waals surface area contributed by atoms with Crippen LogP contribution < -0.4 is 15.5 Å². The minimum atomic E-state index is -1.37. The van der Waals surface area contributed by atoms with Crippen LogP contribution in [0.15, 0.2) is 67.0 Å². The van der Waals surface area contributed by atoms with E-state index in [0.29, 0.717) is 28.4 Å². The minimum absolute atomic E-state index is 0.267. The van der Waals surface area contributed by atoms with Crippen LogP contribution >= 0.6 is 11.6 Å². The van der Waals surface area contributed by atoms with E-state index in [-0.39, 0.29) is 11.8 Å². The number of anilines is 2. The van der Waals surface area contributed by atoms with E-state index in [1.54, 1.807) is 29.4 Å². The molecule has 1 atom stereocenters. The Morgan fingerprint density at radius 1 is 1.00 bits per heavy atom. The molecule has 0 saturated carbocycles. The highest BCUT2D eigenvalue weighted by atomic mass is 35.5. The quantitative estimate of drug-likeness (QED) is 0.704. The molecular weight excluding hydrogens is 376 g/mol. The first-order valence-corrected chi connectivity index (χ1v) is 9.17. The third-order valence-electron chi connectivity index (χ3n) is 5.14. The van der Waals surface area contributed by atoms with Crippen LogP contribution in [0.5, 0.6) is 0 Å². The van der Waals surface area contributed by atoms with Gasteiger partial charge in [0, 0.05) is 16.8 Å². The van der Waals surface area contributed by atoms with E-state index >= 15 is 0 Å². The number of pyridine rings is 1. The van der Waals surface area contributed by atoms with Gasteiger partial charge in [-0.15, -0.1) is 0 Å². The van der Waals surface area contributed by atoms with Crippen molar-refractivity contribution in [2.24, 2.45) is 0 Å². The molecule has 0 fully saturated rings. The third kappa shape index (κ3) is 2.31. The van der Waals surface area contributed by atoms with E-state index in [0.717, 1.165) is 11.3 Å². The smallest absolute Gasteiger partial charge is 0.278 e. The zero-order valence-corrected chi connectivity index (χ0v) is 15.4. The summed E-state index contributed by atoms with van der Waals surface area (Å²) in [7, 11) is 0. The molecule has 2 N–H and O–H groups in total. The first kappa shape index (κ1) is 16.8. The fourth-order valence-electron chi connectivity index (χ4n) is 3.81. The predicted octanol–water partition coefficient (Wildman–Crippen LogP) is 3.29. The van der Waals surface area contributed by atoms with Crippen LogP contribution in [0, 0.1) is 0 Å². The van der Waals surface area contributed by atoms with Gasteiger partial charge in [0.25, 0.3) is 11.8 Å². The highest BCUT2D eigenvalue weighted by Gasteiger charge is 2.54. The Kier molecular flexibility index (Phi) is 3.64. The summed E-state index contributed by atoms with van der Waals surface area (Å²) >= 11 is 6.31. The number of benzene rings is 2. The Morgan fingerprint density at radius 3 is 2.64 bits per heavy atom. The van der Waals surface area contributed by atoms with Gasteiger partial charge in [-0.2, -0.15) is 0 Å². The monoisotopic (exact) mass is 390 g/mol. The molecule has 3 heterocycles. The molecule has 2 aromatic carbocycles. The second kappa shape index (κ2) is 6.07. The first-order chi connectivity index (χ1) is 13.6. The number of rotatable bonds is 2. The molecule has 2 aliphatic rings. The Balaban J connectivity index is 1.63. The molecule has 3 aromatic rings. The fraction of sp³-hybridized carbons (Fsp3) is 0.0952. The van der Waals surface area contributed by atoms with Crippen molar-refractivity contribution in [1.82, 2.24) is 10.3 Å². The number of carbonyl (C=O) groups excluding carboxylic acids is 2. The molecule has 1 unspecified atom stereocenters. The van der Waals surface area contributed by atoms with Crippen LogP contribution in [0.2, 0.25) is 5.02 Å². The summed E-state index contributed by atoms with van der Waals surface area (Å²) in [5.74, 6) is -0.588. The number of aromatic nitrogens is 1. The van der Waals surface area contributed by atoms with E-state index < -0.39 is 5.66 Å². The Morgan fingerprint density at radius 2 is 1.79 bits per heavy atom. The Hall–Kier alpha value is -3.38. The minimum Gasteiger partial charge on any atom is -0.349 e. The maximum Gasteiger partial charge on any atom is 0.278 e. The van der Waals surface area contributed by atoms with E-state index in [2.05, 4.69) is 15.6 Å². The average molecular weight is 391 g/mol. The molecule has 28 heavy (non-hydrogen) atoms. The number of halogens is 1. The topological polar surface area (TPSA) is 74.3 Å². The average Bonchev–Trinajstić information content (AvgIpc) is 2.92. The van der Waals surface area contributed by atoms with Crippen molar-refractivity contribution in [2.75, 3.05) is 10.2 Å². The summed E-state index contributed by atoms with van der Waals surface area (Å²) < 4.78 is 0. The number of nitrogens with one attached hydrogen (secondary N) is 2. The second-order valence-corrected chi connectivity index (χ2v) is 7.16. The summed E-state index contributed by atoms with van der Waals surface area (Å²) in [5.41, 5.74) is 1.85. The van der Waals surface area contributed by atoms with Crippen molar-refractivity contribution in [1.29, 1.82) is 0 Å². The normalized spacial score (nSPS) is 19.8. The Labute approximate surface area is 166 Å². The lowest BCUT2D eigenvalue weighted by molar-refractivity contribution is -0.123. The first-order valence-electron chi connectivity index (χ1n) is 8.80. The summed E-state index contributed by atoms with van der Waals surface area (Å²) in [6, 6.07) is 16.4. The van der Waals surface area contributed by atoms with Crippen LogP contribution in [0.25, 0.3) is 0 Å². The summed E-state index contributed by atoms with van der Waals surface area (Å²) in [6.45, 7) is 0.300. The van der Waals surface area contributed by atoms with Gasteiger partial charge < -0.3 is 15.5 Å². The predicted molar refractivity (Wildman–Crippen MR) is 106 cm³/mol. The molecule has 2 aliphatic heterocycles. The van der Waals surface area contributed by atoms with Gasteiger partial charge in [-0.3, -0.25) is 14.6 Å². The van der Waals surface area contributed by atoms with Gasteiger partial charge in [-0.1, -0.05) is 48.0 Å². The van der Waals surface area contributed by atoms with Crippen molar-refractivity contribution in [3.8, 4) is 0 Å². The van der Waals surface area contributed by atoms with Crippen LogP contribution in [0.4, 0.5) is 11.4 Å². The molecule has 5 rings (SSSR count). The molecular formula is C21H15ClN4O2. The zero-order chi connectivity index (χ0) is 19.3.